The van der Waals surface area contributed by atoms with Crippen molar-refractivity contribution in [3.63, 3.8) is 0 Å². The Morgan fingerprint density at radius 2 is 1.36 bits per heavy atom. The summed E-state index contributed by atoms with van der Waals surface area (Å²) in [6.07, 6.45) is 7.46. The summed E-state index contributed by atoms with van der Waals surface area (Å²) >= 11 is 4.18. The number of ketones is 1. The minimum absolute atomic E-state index is 0.0360. The molecule has 0 saturated heterocycles. The maximum Gasteiger partial charge on any atom is 0.338 e. The second-order valence-electron chi connectivity index (χ2n) is 6.98. The first-order valence-corrected chi connectivity index (χ1v) is 10.8. The predicted molar refractivity (Wildman–Crippen MR) is 118 cm³/mol. The van der Waals surface area contributed by atoms with E-state index in [1.165, 1.54) is 5.56 Å². The minimum atomic E-state index is -0.339. The van der Waals surface area contributed by atoms with Gasteiger partial charge in [-0.3, -0.25) is 4.79 Å². The fourth-order valence-corrected chi connectivity index (χ4v) is 3.17. The molecule has 0 aliphatic carbocycles. The van der Waals surface area contributed by atoms with Crippen LogP contribution < -0.4 is 0 Å². The molecular weight excluding hydrogens is 368 g/mol. The summed E-state index contributed by atoms with van der Waals surface area (Å²) in [7, 11) is 0. The number of carbonyl (C=O) groups is 2. The number of esters is 1. The third-order valence-electron chi connectivity index (χ3n) is 4.70. The van der Waals surface area contributed by atoms with Crippen LogP contribution in [0.5, 0.6) is 0 Å². The second kappa shape index (κ2) is 12.4. The lowest BCUT2D eigenvalue weighted by Crippen LogP contribution is -2.07. The quantitative estimate of drug-likeness (QED) is 0.209. The lowest BCUT2D eigenvalue weighted by molar-refractivity contribution is 0.0497. The molecule has 0 aliphatic heterocycles. The van der Waals surface area contributed by atoms with Crippen molar-refractivity contribution < 1.29 is 14.3 Å². The zero-order valence-corrected chi connectivity index (χ0v) is 17.5. The second-order valence-corrected chi connectivity index (χ2v) is 7.43. The molecule has 0 N–H and O–H groups in total. The number of carbonyl (C=O) groups excluding carboxylic acids is 2. The molecule has 0 heterocycles. The number of unbranched alkanes of at least 4 members (excludes halogenated alkanes) is 4. The molecule has 4 heteroatoms. The van der Waals surface area contributed by atoms with E-state index in [0.29, 0.717) is 23.3 Å². The summed E-state index contributed by atoms with van der Waals surface area (Å²) in [5, 5.41) is 0. The number of ether oxygens (including phenoxy) is 1. The summed E-state index contributed by atoms with van der Waals surface area (Å²) in [5.41, 5.74) is 2.96. The largest absolute Gasteiger partial charge is 0.462 e. The van der Waals surface area contributed by atoms with Crippen LogP contribution in [0.4, 0.5) is 0 Å². The highest BCUT2D eigenvalue weighted by atomic mass is 32.1. The zero-order chi connectivity index (χ0) is 20.2. The van der Waals surface area contributed by atoms with Gasteiger partial charge < -0.3 is 4.74 Å². The van der Waals surface area contributed by atoms with Gasteiger partial charge in [-0.25, -0.2) is 4.79 Å². The third kappa shape index (κ3) is 7.16. The summed E-state index contributed by atoms with van der Waals surface area (Å²) in [6.45, 7) is 2.60. The molecule has 2 aromatic rings. The van der Waals surface area contributed by atoms with E-state index < -0.39 is 0 Å². The molecule has 0 amide bonds. The molecule has 0 aliphatic rings. The maximum atomic E-state index is 12.6. The van der Waals surface area contributed by atoms with E-state index in [-0.39, 0.29) is 11.8 Å². The van der Waals surface area contributed by atoms with Crippen molar-refractivity contribution >= 4 is 24.4 Å². The highest BCUT2D eigenvalue weighted by molar-refractivity contribution is 7.80. The van der Waals surface area contributed by atoms with Crippen molar-refractivity contribution in [3.05, 3.63) is 70.8 Å². The summed E-state index contributed by atoms with van der Waals surface area (Å²) < 4.78 is 5.30. The predicted octanol–water partition coefficient (Wildman–Crippen LogP) is 5.91. The first kappa shape index (κ1) is 22.2. The van der Waals surface area contributed by atoms with Gasteiger partial charge in [-0.1, -0.05) is 62.6 Å². The Kier molecular flexibility index (Phi) is 9.84. The zero-order valence-electron chi connectivity index (χ0n) is 16.7. The smallest absolute Gasteiger partial charge is 0.338 e. The normalized spacial score (nSPS) is 10.6. The lowest BCUT2D eigenvalue weighted by atomic mass is 9.99. The number of hydrogen-bond donors (Lipinski definition) is 1. The van der Waals surface area contributed by atoms with Gasteiger partial charge in [0.15, 0.2) is 5.78 Å². The fourth-order valence-electron chi connectivity index (χ4n) is 2.94. The Labute approximate surface area is 173 Å². The lowest BCUT2D eigenvalue weighted by Gasteiger charge is -2.06. The molecule has 2 aromatic carbocycles. The van der Waals surface area contributed by atoms with Crippen molar-refractivity contribution in [2.75, 3.05) is 12.4 Å². The van der Waals surface area contributed by atoms with Gasteiger partial charge in [0.25, 0.3) is 0 Å². The minimum Gasteiger partial charge on any atom is -0.462 e. The van der Waals surface area contributed by atoms with Crippen LogP contribution in [0.15, 0.2) is 48.5 Å². The van der Waals surface area contributed by atoms with Crippen molar-refractivity contribution in [1.29, 1.82) is 0 Å². The number of benzene rings is 2. The van der Waals surface area contributed by atoms with Gasteiger partial charge in [-0.05, 0) is 49.1 Å². The Hall–Kier alpha value is -2.07. The number of hydrogen-bond acceptors (Lipinski definition) is 4. The molecule has 28 heavy (non-hydrogen) atoms. The number of rotatable bonds is 12. The molecule has 150 valence electrons. The van der Waals surface area contributed by atoms with Crippen LogP contribution >= 0.6 is 12.6 Å². The molecule has 0 atom stereocenters. The van der Waals surface area contributed by atoms with Crippen molar-refractivity contribution in [1.82, 2.24) is 0 Å². The van der Waals surface area contributed by atoms with Crippen LogP contribution in [0.1, 0.15) is 77.3 Å². The first-order chi connectivity index (χ1) is 13.7. The van der Waals surface area contributed by atoms with Gasteiger partial charge in [-0.2, -0.15) is 12.6 Å². The van der Waals surface area contributed by atoms with E-state index in [2.05, 4.69) is 19.6 Å². The van der Waals surface area contributed by atoms with Crippen LogP contribution in [0.2, 0.25) is 0 Å². The van der Waals surface area contributed by atoms with E-state index in [0.717, 1.165) is 50.7 Å². The van der Waals surface area contributed by atoms with Crippen LogP contribution in [0, 0.1) is 0 Å². The molecule has 0 bridgehead atoms. The molecule has 0 aromatic heterocycles. The molecule has 0 unspecified atom stereocenters. The summed E-state index contributed by atoms with van der Waals surface area (Å²) in [5.74, 6) is 0.521. The third-order valence-corrected chi connectivity index (χ3v) is 5.02. The molecule has 2 rings (SSSR count). The highest BCUT2D eigenvalue weighted by Crippen LogP contribution is 2.14. The number of thiol groups is 1. The Morgan fingerprint density at radius 1 is 0.786 bits per heavy atom. The van der Waals surface area contributed by atoms with Crippen LogP contribution in [0.3, 0.4) is 0 Å². The van der Waals surface area contributed by atoms with E-state index in [1.54, 1.807) is 24.3 Å². The van der Waals surface area contributed by atoms with Crippen LogP contribution in [-0.2, 0) is 11.2 Å². The molecule has 0 radical (unpaired) electrons. The van der Waals surface area contributed by atoms with Gasteiger partial charge in [0, 0.05) is 11.1 Å². The Balaban J connectivity index is 1.87. The van der Waals surface area contributed by atoms with Gasteiger partial charge in [-0.15, -0.1) is 0 Å². The van der Waals surface area contributed by atoms with Crippen molar-refractivity contribution in [2.45, 2.75) is 51.9 Å². The first-order valence-electron chi connectivity index (χ1n) is 10.2. The Bertz CT molecular complexity index is 735. The van der Waals surface area contributed by atoms with Crippen LogP contribution in [-0.4, -0.2) is 24.1 Å². The fraction of sp³-hybridized carbons (Fsp3) is 0.417. The molecule has 0 fully saturated rings. The molecule has 0 spiro atoms. The van der Waals surface area contributed by atoms with Gasteiger partial charge in [0.2, 0.25) is 0 Å². The van der Waals surface area contributed by atoms with E-state index in [4.69, 9.17) is 4.74 Å². The van der Waals surface area contributed by atoms with Gasteiger partial charge in [0.1, 0.15) is 0 Å². The molecular formula is C24H30O3S. The topological polar surface area (TPSA) is 43.4 Å². The Morgan fingerprint density at radius 3 is 1.96 bits per heavy atom. The van der Waals surface area contributed by atoms with E-state index >= 15 is 0 Å². The van der Waals surface area contributed by atoms with Crippen molar-refractivity contribution in [2.24, 2.45) is 0 Å². The summed E-state index contributed by atoms with van der Waals surface area (Å²) in [6, 6.07) is 14.5. The van der Waals surface area contributed by atoms with E-state index in [9.17, 15) is 9.59 Å². The monoisotopic (exact) mass is 398 g/mol. The maximum absolute atomic E-state index is 12.6. The highest BCUT2D eigenvalue weighted by Gasteiger charge is 2.12. The average molecular weight is 399 g/mol. The standard InChI is InChI=1S/C24H30O3S/c1-2-3-8-19-9-11-20(12-10-19)23(25)21-13-15-22(16-14-21)24(26)27-17-6-4-5-7-18-28/h9-16,28H,2-8,17-18H2,1H3. The number of aryl methyl sites for hydroxylation is 1. The van der Waals surface area contributed by atoms with Crippen LogP contribution in [0.25, 0.3) is 0 Å². The summed E-state index contributed by atoms with van der Waals surface area (Å²) in [4.78, 5) is 24.7. The van der Waals surface area contributed by atoms with Gasteiger partial charge >= 0.3 is 5.97 Å². The van der Waals surface area contributed by atoms with Crippen molar-refractivity contribution in [3.8, 4) is 0 Å². The molecule has 3 nitrogen and oxygen atoms in total. The molecule has 0 saturated carbocycles. The SMILES string of the molecule is CCCCc1ccc(C(=O)c2ccc(C(=O)OCCCCCCS)cc2)cc1. The average Bonchev–Trinajstić information content (AvgIpc) is 2.74. The van der Waals surface area contributed by atoms with E-state index in [1.807, 2.05) is 24.3 Å². The van der Waals surface area contributed by atoms with Gasteiger partial charge in [0.05, 0.1) is 12.2 Å².